The molecule has 68 valence electrons. The zero-order valence-corrected chi connectivity index (χ0v) is 7.69. The Bertz CT molecular complexity index is 104. The highest BCUT2D eigenvalue weighted by Gasteiger charge is 2.03. The lowest BCUT2D eigenvalue weighted by Crippen LogP contribution is -2.11. The Kier molecular flexibility index (Phi) is 9.47. The van der Waals surface area contributed by atoms with E-state index in [1.165, 1.54) is 0 Å². The van der Waals surface area contributed by atoms with Gasteiger partial charge in [-0.25, -0.2) is 0 Å². The second kappa shape index (κ2) is 7.82. The molecule has 0 unspecified atom stereocenters. The van der Waals surface area contributed by atoms with E-state index in [0.717, 1.165) is 0 Å². The largest absolute Gasteiger partial charge is 0.463 e. The maximum absolute atomic E-state index is 10.7. The van der Waals surface area contributed by atoms with Crippen LogP contribution in [0.5, 0.6) is 0 Å². The molecule has 4 heteroatoms. The highest BCUT2D eigenvalue weighted by atomic mass is 35.5. The number of aliphatic hydroxyl groups excluding tert-OH is 1. The number of hydrogen-bond acceptors (Lipinski definition) is 3. The van der Waals surface area contributed by atoms with Crippen LogP contribution in [0.25, 0.3) is 0 Å². The van der Waals surface area contributed by atoms with Crippen LogP contribution in [0.4, 0.5) is 0 Å². The summed E-state index contributed by atoms with van der Waals surface area (Å²) in [5.41, 5.74) is 0. The van der Waals surface area contributed by atoms with E-state index in [9.17, 15) is 4.79 Å². The summed E-state index contributed by atoms with van der Waals surface area (Å²) in [5.74, 6) is -0.232. The van der Waals surface area contributed by atoms with Crippen molar-refractivity contribution in [2.24, 2.45) is 0 Å². The van der Waals surface area contributed by atoms with Crippen molar-refractivity contribution in [3.05, 3.63) is 0 Å². The van der Waals surface area contributed by atoms with Crippen molar-refractivity contribution in [1.29, 1.82) is 0 Å². The van der Waals surface area contributed by atoms with Gasteiger partial charge in [0.2, 0.25) is 0 Å². The summed E-state index contributed by atoms with van der Waals surface area (Å²) >= 11 is 0. The number of aliphatic hydroxyl groups is 1. The van der Waals surface area contributed by atoms with Crippen molar-refractivity contribution in [3.63, 3.8) is 0 Å². The summed E-state index contributed by atoms with van der Waals surface area (Å²) in [4.78, 5) is 10.7. The van der Waals surface area contributed by atoms with Gasteiger partial charge >= 0.3 is 5.97 Å². The van der Waals surface area contributed by atoms with Crippen LogP contribution in [0.3, 0.4) is 0 Å². The summed E-state index contributed by atoms with van der Waals surface area (Å²) in [7, 11) is 0. The molecule has 0 aromatic carbocycles. The van der Waals surface area contributed by atoms with E-state index in [1.807, 2.05) is 0 Å². The minimum atomic E-state index is -0.232. The summed E-state index contributed by atoms with van der Waals surface area (Å²) in [5, 5.41) is 8.34. The monoisotopic (exact) mass is 182 g/mol. The molecule has 3 nitrogen and oxygen atoms in total. The van der Waals surface area contributed by atoms with E-state index >= 15 is 0 Å². The Morgan fingerprint density at radius 1 is 1.55 bits per heavy atom. The van der Waals surface area contributed by atoms with Crippen LogP contribution in [-0.2, 0) is 9.53 Å². The number of hydrogen-bond donors (Lipinski definition) is 1. The van der Waals surface area contributed by atoms with Crippen LogP contribution in [0.15, 0.2) is 0 Å². The Morgan fingerprint density at radius 3 is 2.45 bits per heavy atom. The van der Waals surface area contributed by atoms with Crippen molar-refractivity contribution in [2.45, 2.75) is 32.8 Å². The standard InChI is InChI=1S/C7H14O3.ClH/c1-6(2)10-7(9)4-3-5-8;/h6,8H,3-5H2,1-2H3;1H. The fourth-order valence-corrected chi connectivity index (χ4v) is 0.545. The van der Waals surface area contributed by atoms with Gasteiger partial charge in [-0.3, -0.25) is 4.79 Å². The Hall–Kier alpha value is -0.280. The van der Waals surface area contributed by atoms with Gasteiger partial charge in [-0.05, 0) is 20.3 Å². The van der Waals surface area contributed by atoms with Gasteiger partial charge < -0.3 is 9.84 Å². The zero-order valence-electron chi connectivity index (χ0n) is 6.87. The predicted octanol–water partition coefficient (Wildman–Crippen LogP) is 1.13. The first-order valence-electron chi connectivity index (χ1n) is 3.47. The number of ether oxygens (including phenoxy) is 1. The van der Waals surface area contributed by atoms with Crippen molar-refractivity contribution in [1.82, 2.24) is 0 Å². The van der Waals surface area contributed by atoms with Gasteiger partial charge in [0.05, 0.1) is 6.10 Å². The molecule has 0 aliphatic rings. The van der Waals surface area contributed by atoms with E-state index in [2.05, 4.69) is 0 Å². The van der Waals surface area contributed by atoms with Gasteiger partial charge in [-0.1, -0.05) is 0 Å². The Morgan fingerprint density at radius 2 is 2.09 bits per heavy atom. The molecule has 0 bridgehead atoms. The molecule has 0 aliphatic carbocycles. The van der Waals surface area contributed by atoms with Gasteiger partial charge in [-0.2, -0.15) is 0 Å². The summed E-state index contributed by atoms with van der Waals surface area (Å²) in [6, 6.07) is 0. The average Bonchev–Trinajstić information content (AvgIpc) is 1.82. The molecule has 0 heterocycles. The molecule has 0 amide bonds. The molecule has 1 N–H and O–H groups in total. The first-order chi connectivity index (χ1) is 4.66. The molecular formula is C7H15ClO3. The lowest BCUT2D eigenvalue weighted by molar-refractivity contribution is -0.147. The molecule has 0 rings (SSSR count). The third-order valence-electron chi connectivity index (χ3n) is 0.906. The SMILES string of the molecule is CC(C)OC(=O)CCCO.Cl. The van der Waals surface area contributed by atoms with E-state index in [0.29, 0.717) is 12.8 Å². The number of carbonyl (C=O) groups excluding carboxylic acids is 1. The van der Waals surface area contributed by atoms with E-state index in [1.54, 1.807) is 13.8 Å². The second-order valence-electron chi connectivity index (χ2n) is 2.37. The van der Waals surface area contributed by atoms with Gasteiger partial charge in [0.15, 0.2) is 0 Å². The van der Waals surface area contributed by atoms with Crippen molar-refractivity contribution in [2.75, 3.05) is 6.61 Å². The highest BCUT2D eigenvalue weighted by molar-refractivity contribution is 5.85. The van der Waals surface area contributed by atoms with Crippen molar-refractivity contribution < 1.29 is 14.6 Å². The first kappa shape index (κ1) is 13.3. The molecule has 0 radical (unpaired) electrons. The topological polar surface area (TPSA) is 46.5 Å². The summed E-state index contributed by atoms with van der Waals surface area (Å²) in [6.45, 7) is 3.65. The van der Waals surface area contributed by atoms with Gasteiger partial charge in [0.25, 0.3) is 0 Å². The molecule has 0 aliphatic heterocycles. The third kappa shape index (κ3) is 9.72. The number of halogens is 1. The lowest BCUT2D eigenvalue weighted by atomic mass is 10.3. The molecule has 0 atom stereocenters. The maximum atomic E-state index is 10.7. The van der Waals surface area contributed by atoms with Crippen LogP contribution < -0.4 is 0 Å². The van der Waals surface area contributed by atoms with E-state index in [-0.39, 0.29) is 31.1 Å². The van der Waals surface area contributed by atoms with Crippen LogP contribution in [0.2, 0.25) is 0 Å². The fraction of sp³-hybridized carbons (Fsp3) is 0.857. The molecule has 0 saturated carbocycles. The zero-order chi connectivity index (χ0) is 7.98. The molecule has 11 heavy (non-hydrogen) atoms. The van der Waals surface area contributed by atoms with Crippen LogP contribution in [-0.4, -0.2) is 23.8 Å². The summed E-state index contributed by atoms with van der Waals surface area (Å²) in [6.07, 6.45) is 0.756. The molecule has 0 saturated heterocycles. The normalized spacial score (nSPS) is 9.09. The number of esters is 1. The Balaban J connectivity index is 0. The average molecular weight is 183 g/mol. The molecule has 0 spiro atoms. The van der Waals surface area contributed by atoms with Crippen molar-refractivity contribution in [3.8, 4) is 0 Å². The lowest BCUT2D eigenvalue weighted by Gasteiger charge is -2.06. The molecule has 0 fully saturated rings. The first-order valence-corrected chi connectivity index (χ1v) is 3.47. The third-order valence-corrected chi connectivity index (χ3v) is 0.906. The molecule has 0 aromatic rings. The predicted molar refractivity (Wildman–Crippen MR) is 44.8 cm³/mol. The summed E-state index contributed by atoms with van der Waals surface area (Å²) < 4.78 is 4.80. The minimum Gasteiger partial charge on any atom is -0.463 e. The minimum absolute atomic E-state index is 0. The molecule has 0 aromatic heterocycles. The maximum Gasteiger partial charge on any atom is 0.306 e. The second-order valence-corrected chi connectivity index (χ2v) is 2.37. The quantitative estimate of drug-likeness (QED) is 0.664. The van der Waals surface area contributed by atoms with Gasteiger partial charge in [-0.15, -0.1) is 12.4 Å². The number of rotatable bonds is 4. The van der Waals surface area contributed by atoms with Crippen LogP contribution in [0.1, 0.15) is 26.7 Å². The Labute approximate surface area is 73.2 Å². The van der Waals surface area contributed by atoms with E-state index < -0.39 is 0 Å². The number of carbonyl (C=O) groups is 1. The van der Waals surface area contributed by atoms with Gasteiger partial charge in [0.1, 0.15) is 0 Å². The van der Waals surface area contributed by atoms with Crippen molar-refractivity contribution >= 4 is 18.4 Å². The molecular weight excluding hydrogens is 168 g/mol. The smallest absolute Gasteiger partial charge is 0.306 e. The van der Waals surface area contributed by atoms with Crippen LogP contribution >= 0.6 is 12.4 Å². The fourth-order valence-electron chi connectivity index (χ4n) is 0.545. The van der Waals surface area contributed by atoms with Gasteiger partial charge in [0, 0.05) is 13.0 Å². The van der Waals surface area contributed by atoms with Crippen LogP contribution in [0, 0.1) is 0 Å². The van der Waals surface area contributed by atoms with E-state index in [4.69, 9.17) is 9.84 Å². The highest BCUT2D eigenvalue weighted by Crippen LogP contribution is 1.95.